The fraction of sp³-hybridized carbons (Fsp3) is 0.579. The number of esters is 1. The molecule has 3 aliphatic heterocycles. The van der Waals surface area contributed by atoms with E-state index in [-0.39, 0.29) is 35.4 Å². The first-order chi connectivity index (χ1) is 14.2. The van der Waals surface area contributed by atoms with E-state index in [0.717, 1.165) is 10.0 Å². The summed E-state index contributed by atoms with van der Waals surface area (Å²) in [6, 6.07) is -0.215. The van der Waals surface area contributed by atoms with Crippen molar-refractivity contribution in [3.63, 3.8) is 0 Å². The Balaban J connectivity index is 1.50. The Hall–Kier alpha value is -2.11. The van der Waals surface area contributed by atoms with Crippen molar-refractivity contribution in [3.05, 3.63) is 21.7 Å². The summed E-state index contributed by atoms with van der Waals surface area (Å²) < 4.78 is 5.22. The molecule has 0 bridgehead atoms. The molecule has 3 N–H and O–H groups in total. The number of aliphatic hydroxyl groups is 1. The minimum atomic E-state index is -0.766. The van der Waals surface area contributed by atoms with Crippen molar-refractivity contribution < 1.29 is 24.2 Å². The molecule has 1 aromatic rings. The van der Waals surface area contributed by atoms with E-state index in [1.807, 2.05) is 6.92 Å². The summed E-state index contributed by atoms with van der Waals surface area (Å²) in [5.74, 6) is -1.81. The molecule has 0 aromatic carbocycles. The van der Waals surface area contributed by atoms with Gasteiger partial charge in [0, 0.05) is 34.5 Å². The molecule has 1 aromatic heterocycles. The van der Waals surface area contributed by atoms with Crippen LogP contribution < -0.4 is 10.6 Å². The Labute approximate surface area is 182 Å². The van der Waals surface area contributed by atoms with Gasteiger partial charge in [-0.2, -0.15) is 0 Å². The molecule has 11 heteroatoms. The van der Waals surface area contributed by atoms with Gasteiger partial charge in [-0.05, 0) is 13.8 Å². The minimum absolute atomic E-state index is 0.0536. The maximum Gasteiger partial charge on any atom is 0.355 e. The van der Waals surface area contributed by atoms with E-state index < -0.39 is 23.9 Å². The van der Waals surface area contributed by atoms with Crippen LogP contribution in [0.5, 0.6) is 0 Å². The monoisotopic (exact) mass is 452 g/mol. The van der Waals surface area contributed by atoms with E-state index >= 15 is 0 Å². The zero-order valence-corrected chi connectivity index (χ0v) is 18.5. The summed E-state index contributed by atoms with van der Waals surface area (Å²) in [6.07, 6.45) is -0.766. The van der Waals surface area contributed by atoms with Crippen LogP contribution >= 0.6 is 23.1 Å². The third-order valence-electron chi connectivity index (χ3n) is 5.73. The van der Waals surface area contributed by atoms with Gasteiger partial charge in [0.1, 0.15) is 11.4 Å². The number of ether oxygens (including phenoxy) is 1. The number of fused-ring (bicyclic) bond motifs is 1. The number of hydrogen-bond donors (Lipinski definition) is 2. The molecule has 4 rings (SSSR count). The fourth-order valence-corrected chi connectivity index (χ4v) is 6.59. The Bertz CT molecular complexity index is 924. The molecule has 0 spiro atoms. The number of carbonyl (C=O) groups is 3. The van der Waals surface area contributed by atoms with Gasteiger partial charge in [-0.3, -0.25) is 9.59 Å². The number of thioether (sulfide) groups is 1. The van der Waals surface area contributed by atoms with Gasteiger partial charge < -0.3 is 25.4 Å². The largest absolute Gasteiger partial charge is 0.461 e. The molecule has 0 aliphatic carbocycles. The van der Waals surface area contributed by atoms with E-state index in [9.17, 15) is 19.5 Å². The number of nitrogens with zero attached hydrogens (tertiary/aromatic N) is 3. The van der Waals surface area contributed by atoms with Crippen LogP contribution in [0.1, 0.15) is 31.3 Å². The maximum absolute atomic E-state index is 12.6. The highest BCUT2D eigenvalue weighted by Gasteiger charge is 2.60. The highest BCUT2D eigenvalue weighted by molar-refractivity contribution is 8.03. The van der Waals surface area contributed by atoms with Gasteiger partial charge >= 0.3 is 5.97 Å². The third-order valence-corrected chi connectivity index (χ3v) is 8.09. The predicted octanol–water partition coefficient (Wildman–Crippen LogP) is 0.796. The second-order valence-corrected chi connectivity index (χ2v) is 9.89. The number of nitrogens with two attached hydrogens (primary N) is 1. The summed E-state index contributed by atoms with van der Waals surface area (Å²) in [5, 5.41) is 12.6. The zero-order chi connectivity index (χ0) is 21.7. The van der Waals surface area contributed by atoms with Gasteiger partial charge in [-0.15, -0.1) is 23.1 Å². The molecule has 2 fully saturated rings. The summed E-state index contributed by atoms with van der Waals surface area (Å²) >= 11 is 2.96. The molecule has 2 unspecified atom stereocenters. The van der Waals surface area contributed by atoms with Crippen LogP contribution in [-0.4, -0.2) is 69.9 Å². The van der Waals surface area contributed by atoms with Crippen molar-refractivity contribution in [2.75, 3.05) is 24.6 Å². The molecule has 0 saturated carbocycles. The Morgan fingerprint density at radius 3 is 2.73 bits per heavy atom. The Morgan fingerprint density at radius 2 is 2.17 bits per heavy atom. The lowest BCUT2D eigenvalue weighted by Crippen LogP contribution is -2.63. The molecule has 4 heterocycles. The predicted molar refractivity (Wildman–Crippen MR) is 113 cm³/mol. The van der Waals surface area contributed by atoms with Gasteiger partial charge in [-0.25, -0.2) is 9.78 Å². The average molecular weight is 453 g/mol. The van der Waals surface area contributed by atoms with Crippen molar-refractivity contribution in [2.24, 2.45) is 17.6 Å². The van der Waals surface area contributed by atoms with E-state index in [1.54, 1.807) is 31.0 Å². The van der Waals surface area contributed by atoms with Crippen molar-refractivity contribution in [1.29, 1.82) is 0 Å². The number of primary amides is 1. The maximum atomic E-state index is 12.6. The highest BCUT2D eigenvalue weighted by Crippen LogP contribution is 2.52. The summed E-state index contributed by atoms with van der Waals surface area (Å²) in [4.78, 5) is 45.2. The van der Waals surface area contributed by atoms with E-state index in [2.05, 4.69) is 9.88 Å². The summed E-state index contributed by atoms with van der Waals surface area (Å²) in [6.45, 7) is 6.98. The van der Waals surface area contributed by atoms with Crippen LogP contribution in [0.25, 0.3) is 0 Å². The molecule has 2 amide bonds. The van der Waals surface area contributed by atoms with Crippen LogP contribution in [-0.2, 0) is 14.3 Å². The fourth-order valence-electron chi connectivity index (χ4n) is 4.24. The lowest BCUT2D eigenvalue weighted by molar-refractivity contribution is -0.164. The lowest BCUT2D eigenvalue weighted by atomic mass is 9.79. The quantitative estimate of drug-likeness (QED) is 0.459. The first-order valence-electron chi connectivity index (χ1n) is 9.83. The third kappa shape index (κ3) is 3.28. The van der Waals surface area contributed by atoms with Gasteiger partial charge in [0.05, 0.1) is 24.7 Å². The van der Waals surface area contributed by atoms with Gasteiger partial charge in [0.25, 0.3) is 5.91 Å². The van der Waals surface area contributed by atoms with Crippen LogP contribution in [0, 0.1) is 11.8 Å². The van der Waals surface area contributed by atoms with E-state index in [1.165, 1.54) is 16.2 Å². The molecule has 9 nitrogen and oxygen atoms in total. The highest BCUT2D eigenvalue weighted by atomic mass is 32.2. The number of rotatable bonds is 7. The molecular formula is C19H24N4O5S2. The van der Waals surface area contributed by atoms with Crippen molar-refractivity contribution >= 4 is 46.0 Å². The Kier molecular flexibility index (Phi) is 5.54. The summed E-state index contributed by atoms with van der Waals surface area (Å²) in [5.41, 5.74) is 5.85. The number of carbonyl (C=O) groups excluding carboxylic acids is 3. The summed E-state index contributed by atoms with van der Waals surface area (Å²) in [7, 11) is 0. The van der Waals surface area contributed by atoms with Crippen LogP contribution in [0.4, 0.5) is 5.13 Å². The van der Waals surface area contributed by atoms with E-state index in [4.69, 9.17) is 10.5 Å². The zero-order valence-electron chi connectivity index (χ0n) is 16.9. The molecule has 30 heavy (non-hydrogen) atoms. The Morgan fingerprint density at radius 1 is 1.47 bits per heavy atom. The van der Waals surface area contributed by atoms with Gasteiger partial charge in [-0.1, -0.05) is 6.92 Å². The first kappa shape index (κ1) is 21.1. The SMILES string of the molecule is CCOC(=O)C1=C(SC2CN(c3nc(C(N)=O)cs3)C2)[C@H](C)C2C([C@@H](C)O)C(=O)N12. The number of anilines is 1. The smallest absolute Gasteiger partial charge is 0.355 e. The molecule has 0 radical (unpaired) electrons. The normalized spacial score (nSPS) is 26.9. The van der Waals surface area contributed by atoms with Crippen LogP contribution in [0.2, 0.25) is 0 Å². The standard InChI is InChI=1S/C19H24N4O5S2/c1-4-28-18(27)14-15(8(2)13-12(9(3)24)17(26)23(13)14)30-10-5-22(6-10)19-21-11(7-29-19)16(20)25/h7-10,12-13,24H,4-6H2,1-3H3,(H2,20,25)/t8-,9-,12?,13?/m1/s1. The molecule has 3 aliphatic rings. The van der Waals surface area contributed by atoms with Crippen molar-refractivity contribution in [3.8, 4) is 0 Å². The second kappa shape index (κ2) is 7.86. The number of hydrogen-bond acceptors (Lipinski definition) is 9. The molecular weight excluding hydrogens is 428 g/mol. The molecule has 2 saturated heterocycles. The van der Waals surface area contributed by atoms with Crippen molar-refractivity contribution in [2.45, 2.75) is 38.2 Å². The van der Waals surface area contributed by atoms with Gasteiger partial charge in [0.15, 0.2) is 5.13 Å². The second-order valence-electron chi connectivity index (χ2n) is 7.71. The molecule has 4 atom stereocenters. The number of aromatic nitrogens is 1. The van der Waals surface area contributed by atoms with Gasteiger partial charge in [0.2, 0.25) is 5.91 Å². The lowest BCUT2D eigenvalue weighted by Gasteiger charge is -2.46. The average Bonchev–Trinajstić information content (AvgIpc) is 3.20. The minimum Gasteiger partial charge on any atom is -0.461 e. The first-order valence-corrected chi connectivity index (χ1v) is 11.6. The van der Waals surface area contributed by atoms with Crippen LogP contribution in [0.15, 0.2) is 16.0 Å². The molecule has 162 valence electrons. The number of β-lactam (4-membered cyclic amide) rings is 1. The van der Waals surface area contributed by atoms with Crippen LogP contribution in [0.3, 0.4) is 0 Å². The number of thiazole rings is 1. The van der Waals surface area contributed by atoms with Crippen molar-refractivity contribution in [1.82, 2.24) is 9.88 Å². The topological polar surface area (TPSA) is 126 Å². The van der Waals surface area contributed by atoms with E-state index in [0.29, 0.717) is 18.8 Å². The number of aliphatic hydroxyl groups excluding tert-OH is 1. The number of amides is 2.